The van der Waals surface area contributed by atoms with Crippen molar-refractivity contribution in [1.29, 1.82) is 0 Å². The Balaban J connectivity index is 1.43. The molecule has 0 spiro atoms. The summed E-state index contributed by atoms with van der Waals surface area (Å²) in [5, 5.41) is 3.11. The highest BCUT2D eigenvalue weighted by atomic mass is 32.2. The van der Waals surface area contributed by atoms with Crippen LogP contribution in [-0.4, -0.2) is 28.5 Å². The second-order valence-electron chi connectivity index (χ2n) is 7.19. The molecule has 0 unspecified atom stereocenters. The maximum atomic E-state index is 12.5. The molecule has 1 N–H and O–H groups in total. The van der Waals surface area contributed by atoms with Crippen LogP contribution < -0.4 is 5.32 Å². The Kier molecular flexibility index (Phi) is 5.53. The average molecular weight is 385 g/mol. The SMILES string of the molecule is O=C(NC1CCCCC1)c1ccc([C@H]2SCC(=O)N2Cc2ccco2)cc1. The summed E-state index contributed by atoms with van der Waals surface area (Å²) in [5.74, 6) is 1.35. The van der Waals surface area contributed by atoms with Crippen molar-refractivity contribution in [3.05, 3.63) is 59.5 Å². The summed E-state index contributed by atoms with van der Waals surface area (Å²) in [6.07, 6.45) is 7.44. The summed E-state index contributed by atoms with van der Waals surface area (Å²) < 4.78 is 5.39. The maximum absolute atomic E-state index is 12.5. The fraction of sp³-hybridized carbons (Fsp3) is 0.429. The van der Waals surface area contributed by atoms with Gasteiger partial charge in [-0.05, 0) is 42.7 Å². The van der Waals surface area contributed by atoms with E-state index in [1.165, 1.54) is 19.3 Å². The summed E-state index contributed by atoms with van der Waals surface area (Å²) in [7, 11) is 0. The molecule has 27 heavy (non-hydrogen) atoms. The summed E-state index contributed by atoms with van der Waals surface area (Å²) in [6.45, 7) is 0.466. The highest BCUT2D eigenvalue weighted by Crippen LogP contribution is 2.39. The van der Waals surface area contributed by atoms with E-state index in [1.807, 2.05) is 41.3 Å². The third kappa shape index (κ3) is 4.21. The minimum absolute atomic E-state index is 0.00366. The number of hydrogen-bond acceptors (Lipinski definition) is 4. The Labute approximate surface area is 163 Å². The number of benzene rings is 1. The Morgan fingerprint density at radius 3 is 2.63 bits per heavy atom. The van der Waals surface area contributed by atoms with Gasteiger partial charge in [-0.15, -0.1) is 11.8 Å². The fourth-order valence-electron chi connectivity index (χ4n) is 3.79. The van der Waals surface area contributed by atoms with Gasteiger partial charge in [-0.3, -0.25) is 9.59 Å². The van der Waals surface area contributed by atoms with Crippen LogP contribution in [0.3, 0.4) is 0 Å². The number of nitrogens with zero attached hydrogens (tertiary/aromatic N) is 1. The predicted molar refractivity (Wildman–Crippen MR) is 105 cm³/mol. The van der Waals surface area contributed by atoms with E-state index in [1.54, 1.807) is 18.0 Å². The van der Waals surface area contributed by atoms with E-state index in [0.717, 1.165) is 24.2 Å². The number of carbonyl (C=O) groups excluding carboxylic acids is 2. The first kappa shape index (κ1) is 18.2. The van der Waals surface area contributed by atoms with Crippen molar-refractivity contribution < 1.29 is 14.0 Å². The molecular weight excluding hydrogens is 360 g/mol. The van der Waals surface area contributed by atoms with Crippen molar-refractivity contribution >= 4 is 23.6 Å². The summed E-state index contributed by atoms with van der Waals surface area (Å²) >= 11 is 1.61. The van der Waals surface area contributed by atoms with Crippen molar-refractivity contribution in [2.45, 2.75) is 50.1 Å². The lowest BCUT2D eigenvalue weighted by Gasteiger charge is -2.24. The molecular formula is C21H24N2O3S. The molecule has 2 aromatic rings. The van der Waals surface area contributed by atoms with E-state index in [9.17, 15) is 9.59 Å². The van der Waals surface area contributed by atoms with Crippen molar-refractivity contribution in [3.8, 4) is 0 Å². The van der Waals surface area contributed by atoms with Crippen LogP contribution in [0.5, 0.6) is 0 Å². The van der Waals surface area contributed by atoms with Gasteiger partial charge in [0, 0.05) is 11.6 Å². The second-order valence-corrected chi connectivity index (χ2v) is 8.26. The zero-order valence-electron chi connectivity index (χ0n) is 15.2. The van der Waals surface area contributed by atoms with Crippen LogP contribution in [0, 0.1) is 0 Å². The number of hydrogen-bond donors (Lipinski definition) is 1. The zero-order valence-corrected chi connectivity index (χ0v) is 16.0. The predicted octanol–water partition coefficient (Wildman–Crippen LogP) is 4.12. The fourth-order valence-corrected chi connectivity index (χ4v) is 4.97. The van der Waals surface area contributed by atoms with Gasteiger partial charge in [-0.2, -0.15) is 0 Å². The Morgan fingerprint density at radius 1 is 1.15 bits per heavy atom. The van der Waals surface area contributed by atoms with Gasteiger partial charge in [0.1, 0.15) is 11.1 Å². The number of carbonyl (C=O) groups is 2. The minimum Gasteiger partial charge on any atom is -0.467 e. The van der Waals surface area contributed by atoms with Crippen LogP contribution in [0.1, 0.15) is 59.2 Å². The lowest BCUT2D eigenvalue weighted by atomic mass is 9.95. The molecule has 1 saturated heterocycles. The lowest BCUT2D eigenvalue weighted by molar-refractivity contribution is -0.128. The molecule has 2 amide bonds. The standard InChI is InChI=1S/C21H24N2O3S/c24-19-14-27-21(23(19)13-18-7-4-12-26-18)16-10-8-15(9-11-16)20(25)22-17-5-2-1-3-6-17/h4,7-12,17,21H,1-3,5-6,13-14H2,(H,22,25)/t21-/m1/s1. The number of nitrogens with one attached hydrogen (secondary N) is 1. The van der Waals surface area contributed by atoms with Crippen molar-refractivity contribution in [2.75, 3.05) is 5.75 Å². The molecule has 5 nitrogen and oxygen atoms in total. The topological polar surface area (TPSA) is 62.6 Å². The van der Waals surface area contributed by atoms with Crippen LogP contribution >= 0.6 is 11.8 Å². The molecule has 4 rings (SSSR count). The number of rotatable bonds is 5. The minimum atomic E-state index is -0.0435. The summed E-state index contributed by atoms with van der Waals surface area (Å²) in [4.78, 5) is 26.6. The molecule has 2 heterocycles. The average Bonchev–Trinajstić information content (AvgIpc) is 3.34. The Morgan fingerprint density at radius 2 is 1.93 bits per heavy atom. The second kappa shape index (κ2) is 8.21. The lowest BCUT2D eigenvalue weighted by Crippen LogP contribution is -2.36. The number of furan rings is 1. The third-order valence-electron chi connectivity index (χ3n) is 5.27. The van der Waals surface area contributed by atoms with Crippen molar-refractivity contribution in [1.82, 2.24) is 10.2 Å². The van der Waals surface area contributed by atoms with Gasteiger partial charge in [0.25, 0.3) is 5.91 Å². The van der Waals surface area contributed by atoms with Crippen molar-refractivity contribution in [2.24, 2.45) is 0 Å². The van der Waals surface area contributed by atoms with Gasteiger partial charge in [0.05, 0.1) is 18.6 Å². The smallest absolute Gasteiger partial charge is 0.251 e. The van der Waals surface area contributed by atoms with E-state index in [0.29, 0.717) is 23.9 Å². The van der Waals surface area contributed by atoms with Gasteiger partial charge >= 0.3 is 0 Å². The largest absolute Gasteiger partial charge is 0.467 e. The van der Waals surface area contributed by atoms with E-state index >= 15 is 0 Å². The summed E-state index contributed by atoms with van der Waals surface area (Å²) in [5.41, 5.74) is 1.71. The van der Waals surface area contributed by atoms with Gasteiger partial charge < -0.3 is 14.6 Å². The maximum Gasteiger partial charge on any atom is 0.251 e. The Bertz CT molecular complexity index is 782. The van der Waals surface area contributed by atoms with Gasteiger partial charge in [-0.25, -0.2) is 0 Å². The first-order valence-corrected chi connectivity index (χ1v) is 10.6. The molecule has 6 heteroatoms. The van der Waals surface area contributed by atoms with Gasteiger partial charge in [0.2, 0.25) is 5.91 Å². The zero-order chi connectivity index (χ0) is 18.6. The molecule has 1 aliphatic heterocycles. The molecule has 1 aromatic carbocycles. The first-order valence-electron chi connectivity index (χ1n) is 9.55. The van der Waals surface area contributed by atoms with Crippen molar-refractivity contribution in [3.63, 3.8) is 0 Å². The van der Waals surface area contributed by atoms with Gasteiger partial charge in [0.15, 0.2) is 0 Å². The molecule has 2 aliphatic rings. The monoisotopic (exact) mass is 384 g/mol. The Hall–Kier alpha value is -2.21. The normalized spacial score (nSPS) is 20.8. The molecule has 1 atom stereocenters. The van der Waals surface area contributed by atoms with Crippen LogP contribution in [0.25, 0.3) is 0 Å². The van der Waals surface area contributed by atoms with Gasteiger partial charge in [-0.1, -0.05) is 31.4 Å². The molecule has 1 saturated carbocycles. The molecule has 1 aromatic heterocycles. The van der Waals surface area contributed by atoms with Crippen LogP contribution in [0.2, 0.25) is 0 Å². The highest BCUT2D eigenvalue weighted by molar-refractivity contribution is 8.00. The van der Waals surface area contributed by atoms with E-state index in [2.05, 4.69) is 5.32 Å². The van der Waals surface area contributed by atoms with E-state index in [4.69, 9.17) is 4.42 Å². The van der Waals surface area contributed by atoms with E-state index < -0.39 is 0 Å². The first-order chi connectivity index (χ1) is 13.2. The summed E-state index contributed by atoms with van der Waals surface area (Å²) in [6, 6.07) is 11.7. The quantitative estimate of drug-likeness (QED) is 0.842. The van der Waals surface area contributed by atoms with E-state index in [-0.39, 0.29) is 17.2 Å². The van der Waals surface area contributed by atoms with Crippen LogP contribution in [0.15, 0.2) is 47.1 Å². The molecule has 142 valence electrons. The van der Waals surface area contributed by atoms with Crippen LogP contribution in [0.4, 0.5) is 0 Å². The molecule has 0 radical (unpaired) electrons. The number of thioether (sulfide) groups is 1. The van der Waals surface area contributed by atoms with Crippen LogP contribution in [-0.2, 0) is 11.3 Å². The molecule has 1 aliphatic carbocycles. The molecule has 2 fully saturated rings. The highest BCUT2D eigenvalue weighted by Gasteiger charge is 2.33. The number of amides is 2. The molecule has 0 bridgehead atoms. The third-order valence-corrected chi connectivity index (χ3v) is 6.53.